The highest BCUT2D eigenvalue weighted by molar-refractivity contribution is 5.85. The molecule has 1 rings (SSSR count). The Balaban J connectivity index is 0.00000196. The molecule has 15 heavy (non-hydrogen) atoms. The predicted octanol–water partition coefficient (Wildman–Crippen LogP) is 0.783. The Bertz CT molecular complexity index is 194. The van der Waals surface area contributed by atoms with E-state index in [0.717, 1.165) is 19.4 Å². The summed E-state index contributed by atoms with van der Waals surface area (Å²) >= 11 is 0. The van der Waals surface area contributed by atoms with Gasteiger partial charge in [-0.05, 0) is 19.8 Å². The fourth-order valence-electron chi connectivity index (χ4n) is 1.63. The Morgan fingerprint density at radius 2 is 2.33 bits per heavy atom. The van der Waals surface area contributed by atoms with Crippen molar-refractivity contribution < 1.29 is 9.53 Å². The Morgan fingerprint density at radius 3 is 2.80 bits per heavy atom. The summed E-state index contributed by atoms with van der Waals surface area (Å²) in [4.78, 5) is 13.3. The van der Waals surface area contributed by atoms with Gasteiger partial charge in [0.05, 0.1) is 6.10 Å². The summed E-state index contributed by atoms with van der Waals surface area (Å²) in [6.07, 6.45) is 2.83. The van der Waals surface area contributed by atoms with Crippen molar-refractivity contribution >= 4 is 18.3 Å². The minimum atomic E-state index is -0.0607. The van der Waals surface area contributed by atoms with Crippen LogP contribution < -0.4 is 5.73 Å². The van der Waals surface area contributed by atoms with Gasteiger partial charge in [-0.1, -0.05) is 0 Å². The highest BCUT2D eigenvalue weighted by Gasteiger charge is 2.20. The van der Waals surface area contributed by atoms with Crippen molar-refractivity contribution in [3.05, 3.63) is 0 Å². The highest BCUT2D eigenvalue weighted by Crippen LogP contribution is 2.13. The molecule has 1 fully saturated rings. The van der Waals surface area contributed by atoms with Crippen LogP contribution in [-0.4, -0.2) is 43.2 Å². The fourth-order valence-corrected chi connectivity index (χ4v) is 1.63. The number of carbonyl (C=O) groups is 1. The van der Waals surface area contributed by atoms with Gasteiger partial charge in [-0.3, -0.25) is 4.79 Å². The summed E-state index contributed by atoms with van der Waals surface area (Å²) in [6.45, 7) is 3.38. The zero-order valence-electron chi connectivity index (χ0n) is 9.44. The standard InChI is InChI=1S/C10H20N2O2.ClH/c1-8(11)6-10(13)12(2)7-9-4-3-5-14-9;/h8-9H,3-7,11H2,1-2H3;1H. The second-order valence-corrected chi connectivity index (χ2v) is 4.09. The van der Waals surface area contributed by atoms with Gasteiger partial charge >= 0.3 is 0 Å². The molecule has 2 atom stereocenters. The third kappa shape index (κ3) is 5.35. The average molecular weight is 237 g/mol. The van der Waals surface area contributed by atoms with E-state index in [9.17, 15) is 4.79 Å². The van der Waals surface area contributed by atoms with Crippen molar-refractivity contribution in [2.75, 3.05) is 20.2 Å². The molecule has 0 aliphatic carbocycles. The largest absolute Gasteiger partial charge is 0.376 e. The molecule has 0 aromatic heterocycles. The van der Waals surface area contributed by atoms with Crippen LogP contribution in [0.5, 0.6) is 0 Å². The fraction of sp³-hybridized carbons (Fsp3) is 0.900. The van der Waals surface area contributed by atoms with Crippen molar-refractivity contribution in [1.29, 1.82) is 0 Å². The van der Waals surface area contributed by atoms with Crippen LogP contribution in [0, 0.1) is 0 Å². The minimum Gasteiger partial charge on any atom is -0.376 e. The Labute approximate surface area is 97.5 Å². The number of rotatable bonds is 4. The van der Waals surface area contributed by atoms with Crippen molar-refractivity contribution in [2.45, 2.75) is 38.3 Å². The molecular formula is C10H21ClN2O2. The molecule has 0 saturated carbocycles. The molecule has 0 aromatic carbocycles. The maximum atomic E-state index is 11.5. The quantitative estimate of drug-likeness (QED) is 0.785. The lowest BCUT2D eigenvalue weighted by Gasteiger charge is -2.21. The van der Waals surface area contributed by atoms with Crippen LogP contribution in [-0.2, 0) is 9.53 Å². The van der Waals surface area contributed by atoms with E-state index in [1.807, 2.05) is 14.0 Å². The first-order valence-electron chi connectivity index (χ1n) is 5.20. The van der Waals surface area contributed by atoms with E-state index < -0.39 is 0 Å². The first-order valence-corrected chi connectivity index (χ1v) is 5.20. The van der Waals surface area contributed by atoms with Crippen LogP contribution in [0.15, 0.2) is 0 Å². The molecule has 90 valence electrons. The molecule has 0 spiro atoms. The molecule has 5 heteroatoms. The van der Waals surface area contributed by atoms with E-state index in [4.69, 9.17) is 10.5 Å². The molecule has 1 aliphatic rings. The first-order chi connectivity index (χ1) is 6.59. The molecule has 0 bridgehead atoms. The van der Waals surface area contributed by atoms with E-state index in [1.54, 1.807) is 4.90 Å². The summed E-state index contributed by atoms with van der Waals surface area (Å²) in [7, 11) is 1.81. The first kappa shape index (κ1) is 14.7. The van der Waals surface area contributed by atoms with Crippen LogP contribution in [0.25, 0.3) is 0 Å². The number of hydrogen-bond donors (Lipinski definition) is 1. The molecule has 1 saturated heterocycles. The number of hydrogen-bond acceptors (Lipinski definition) is 3. The number of amides is 1. The maximum Gasteiger partial charge on any atom is 0.223 e. The Hall–Kier alpha value is -0.320. The van der Waals surface area contributed by atoms with E-state index >= 15 is 0 Å². The van der Waals surface area contributed by atoms with Gasteiger partial charge in [0.2, 0.25) is 5.91 Å². The third-order valence-electron chi connectivity index (χ3n) is 2.42. The summed E-state index contributed by atoms with van der Waals surface area (Å²) in [5.41, 5.74) is 5.56. The third-order valence-corrected chi connectivity index (χ3v) is 2.42. The molecule has 1 amide bonds. The SMILES string of the molecule is CC(N)CC(=O)N(C)CC1CCCO1.Cl. The number of ether oxygens (including phenoxy) is 1. The molecule has 2 N–H and O–H groups in total. The number of carbonyl (C=O) groups excluding carboxylic acids is 1. The topological polar surface area (TPSA) is 55.6 Å². The van der Waals surface area contributed by atoms with Crippen LogP contribution in [0.2, 0.25) is 0 Å². The normalized spacial score (nSPS) is 21.9. The highest BCUT2D eigenvalue weighted by atomic mass is 35.5. The van der Waals surface area contributed by atoms with Gasteiger partial charge in [0, 0.05) is 32.7 Å². The summed E-state index contributed by atoms with van der Waals surface area (Å²) < 4.78 is 5.45. The average Bonchev–Trinajstić information content (AvgIpc) is 2.55. The Morgan fingerprint density at radius 1 is 1.67 bits per heavy atom. The number of nitrogens with two attached hydrogens (primary N) is 1. The molecule has 0 aromatic rings. The van der Waals surface area contributed by atoms with Gasteiger partial charge in [0.25, 0.3) is 0 Å². The predicted molar refractivity (Wildman–Crippen MR) is 62.1 cm³/mol. The zero-order chi connectivity index (χ0) is 10.6. The van der Waals surface area contributed by atoms with Gasteiger partial charge in [-0.2, -0.15) is 0 Å². The lowest BCUT2D eigenvalue weighted by molar-refractivity contribution is -0.131. The Kier molecular flexibility index (Phi) is 6.89. The molecule has 1 heterocycles. The van der Waals surface area contributed by atoms with E-state index in [-0.39, 0.29) is 30.5 Å². The van der Waals surface area contributed by atoms with E-state index in [2.05, 4.69) is 0 Å². The molecule has 0 radical (unpaired) electrons. The minimum absolute atomic E-state index is 0. The molecule has 4 nitrogen and oxygen atoms in total. The second-order valence-electron chi connectivity index (χ2n) is 4.09. The maximum absolute atomic E-state index is 11.5. The van der Waals surface area contributed by atoms with Crippen LogP contribution in [0.4, 0.5) is 0 Å². The lowest BCUT2D eigenvalue weighted by Crippen LogP contribution is -2.36. The van der Waals surface area contributed by atoms with E-state index in [0.29, 0.717) is 13.0 Å². The zero-order valence-corrected chi connectivity index (χ0v) is 10.3. The number of halogens is 1. The monoisotopic (exact) mass is 236 g/mol. The van der Waals surface area contributed by atoms with Crippen molar-refractivity contribution in [3.8, 4) is 0 Å². The van der Waals surface area contributed by atoms with Gasteiger partial charge < -0.3 is 15.4 Å². The van der Waals surface area contributed by atoms with Gasteiger partial charge in [-0.15, -0.1) is 12.4 Å². The summed E-state index contributed by atoms with van der Waals surface area (Å²) in [6, 6.07) is -0.0607. The van der Waals surface area contributed by atoms with Crippen LogP contribution >= 0.6 is 12.4 Å². The van der Waals surface area contributed by atoms with Gasteiger partial charge in [-0.25, -0.2) is 0 Å². The lowest BCUT2D eigenvalue weighted by atomic mass is 10.2. The van der Waals surface area contributed by atoms with Crippen LogP contribution in [0.1, 0.15) is 26.2 Å². The second kappa shape index (κ2) is 7.04. The van der Waals surface area contributed by atoms with Crippen molar-refractivity contribution in [1.82, 2.24) is 4.90 Å². The molecule has 2 unspecified atom stereocenters. The number of nitrogens with zero attached hydrogens (tertiary/aromatic N) is 1. The number of likely N-dealkylation sites (N-methyl/N-ethyl adjacent to an activating group) is 1. The van der Waals surface area contributed by atoms with Crippen molar-refractivity contribution in [3.63, 3.8) is 0 Å². The molecular weight excluding hydrogens is 216 g/mol. The summed E-state index contributed by atoms with van der Waals surface area (Å²) in [5, 5.41) is 0. The van der Waals surface area contributed by atoms with Gasteiger partial charge in [0.1, 0.15) is 0 Å². The summed E-state index contributed by atoms with van der Waals surface area (Å²) in [5.74, 6) is 0.107. The van der Waals surface area contributed by atoms with Crippen LogP contribution in [0.3, 0.4) is 0 Å². The smallest absolute Gasteiger partial charge is 0.223 e. The van der Waals surface area contributed by atoms with E-state index in [1.165, 1.54) is 0 Å². The molecule has 1 aliphatic heterocycles. The van der Waals surface area contributed by atoms with Crippen molar-refractivity contribution in [2.24, 2.45) is 5.73 Å². The van der Waals surface area contributed by atoms with Gasteiger partial charge in [0.15, 0.2) is 0 Å².